The number of benzene rings is 4. The molecule has 1 saturated heterocycles. The van der Waals surface area contributed by atoms with Crippen LogP contribution in [0.15, 0.2) is 101 Å². The molecule has 2 aliphatic heterocycles. The summed E-state index contributed by atoms with van der Waals surface area (Å²) in [6, 6.07) is 25.2. The fourth-order valence-electron chi connectivity index (χ4n) is 6.52. The van der Waals surface area contributed by atoms with E-state index in [0.29, 0.717) is 24.2 Å². The maximum atomic E-state index is 13.7. The van der Waals surface area contributed by atoms with Gasteiger partial charge in [-0.2, -0.15) is 0 Å². The van der Waals surface area contributed by atoms with Gasteiger partial charge in [0.15, 0.2) is 0 Å². The molecule has 0 spiro atoms. The molecule has 1 fully saturated rings. The molecule has 0 radical (unpaired) electrons. The van der Waals surface area contributed by atoms with Crippen molar-refractivity contribution in [3.8, 4) is 5.75 Å². The van der Waals surface area contributed by atoms with E-state index in [2.05, 4.69) is 33.1 Å². The number of nitrogens with one attached hydrogen (secondary N) is 2. The van der Waals surface area contributed by atoms with Crippen molar-refractivity contribution in [3.05, 3.63) is 108 Å². The summed E-state index contributed by atoms with van der Waals surface area (Å²) < 4.78 is 41.8. The molecule has 2 atom stereocenters. The van der Waals surface area contributed by atoms with E-state index in [1.54, 1.807) is 36.6 Å². The van der Waals surface area contributed by atoms with Gasteiger partial charge in [0.25, 0.3) is 0 Å². The summed E-state index contributed by atoms with van der Waals surface area (Å²) in [7, 11) is -3.96. The number of fused-ring (bicyclic) bond motifs is 3. The zero-order valence-corrected chi connectivity index (χ0v) is 25.9. The van der Waals surface area contributed by atoms with Gasteiger partial charge < -0.3 is 14.5 Å². The number of hydrogen-bond donors (Lipinski definition) is 2. The summed E-state index contributed by atoms with van der Waals surface area (Å²) in [5.74, 6) is 0.559. The Bertz CT molecular complexity index is 1950. The fourth-order valence-corrected chi connectivity index (χ4v) is 7.78. The summed E-state index contributed by atoms with van der Waals surface area (Å²) >= 11 is 0. The summed E-state index contributed by atoms with van der Waals surface area (Å²) in [5.41, 5.74) is 3.53. The average molecular weight is 624 g/mol. The van der Waals surface area contributed by atoms with E-state index in [1.807, 2.05) is 36.4 Å². The maximum Gasteiger partial charge on any atom is 0.241 e. The van der Waals surface area contributed by atoms with E-state index in [0.717, 1.165) is 47.1 Å². The minimum absolute atomic E-state index is 0.0735. The summed E-state index contributed by atoms with van der Waals surface area (Å²) in [6.07, 6.45) is 5.94. The van der Waals surface area contributed by atoms with Crippen molar-refractivity contribution in [2.45, 2.75) is 55.6 Å². The second-order valence-corrected chi connectivity index (χ2v) is 13.8. The van der Waals surface area contributed by atoms with Crippen molar-refractivity contribution in [1.82, 2.24) is 14.9 Å². The topological polar surface area (TPSA) is 101 Å². The Morgan fingerprint density at radius 3 is 2.60 bits per heavy atom. The van der Waals surface area contributed by atoms with E-state index in [4.69, 9.17) is 9.15 Å². The van der Waals surface area contributed by atoms with E-state index in [1.165, 1.54) is 24.8 Å². The molecule has 0 aliphatic carbocycles. The Morgan fingerprint density at radius 2 is 1.73 bits per heavy atom. The number of amides is 1. The van der Waals surface area contributed by atoms with Crippen molar-refractivity contribution in [2.24, 2.45) is 0 Å². The summed E-state index contributed by atoms with van der Waals surface area (Å²) in [6.45, 7) is 3.64. The monoisotopic (exact) mass is 623 g/mol. The smallest absolute Gasteiger partial charge is 0.241 e. The fraction of sp³-hybridized carbons (Fsp3) is 0.306. The van der Waals surface area contributed by atoms with Gasteiger partial charge in [-0.05, 0) is 84.2 Å². The Hall–Kier alpha value is -4.18. The molecule has 0 saturated carbocycles. The van der Waals surface area contributed by atoms with Crippen LogP contribution in [0.2, 0.25) is 0 Å². The molecule has 7 rings (SSSR count). The molecular weight excluding hydrogens is 586 g/mol. The third-order valence-corrected chi connectivity index (χ3v) is 10.4. The zero-order chi connectivity index (χ0) is 30.8. The molecule has 4 aromatic carbocycles. The molecular formula is C36H37N3O5S. The zero-order valence-electron chi connectivity index (χ0n) is 25.1. The number of rotatable bonds is 9. The quantitative estimate of drug-likeness (QED) is 0.191. The average Bonchev–Trinajstić information content (AvgIpc) is 3.53. The number of furan rings is 1. The van der Waals surface area contributed by atoms with E-state index in [-0.39, 0.29) is 23.3 Å². The van der Waals surface area contributed by atoms with Gasteiger partial charge in [-0.15, -0.1) is 0 Å². The van der Waals surface area contributed by atoms with Crippen LogP contribution in [-0.4, -0.2) is 38.9 Å². The summed E-state index contributed by atoms with van der Waals surface area (Å²) in [4.78, 5) is 16.3. The number of hydrogen-bond acceptors (Lipinski definition) is 6. The minimum Gasteiger partial charge on any atom is -0.493 e. The van der Waals surface area contributed by atoms with Crippen molar-refractivity contribution >= 4 is 37.7 Å². The van der Waals surface area contributed by atoms with Gasteiger partial charge >= 0.3 is 0 Å². The Morgan fingerprint density at radius 1 is 0.889 bits per heavy atom. The highest BCUT2D eigenvalue weighted by molar-refractivity contribution is 7.89. The van der Waals surface area contributed by atoms with Crippen molar-refractivity contribution in [3.63, 3.8) is 0 Å². The van der Waals surface area contributed by atoms with Gasteiger partial charge in [-0.3, -0.25) is 9.69 Å². The third kappa shape index (κ3) is 6.61. The minimum atomic E-state index is -3.96. The number of carbonyl (C=O) groups is 1. The lowest BCUT2D eigenvalue weighted by Gasteiger charge is -2.29. The predicted octanol–water partition coefficient (Wildman–Crippen LogP) is 6.62. The first-order valence-corrected chi connectivity index (χ1v) is 17.2. The van der Waals surface area contributed by atoms with Gasteiger partial charge in [0, 0.05) is 30.3 Å². The molecule has 1 amide bonds. The molecule has 45 heavy (non-hydrogen) atoms. The second-order valence-electron chi connectivity index (χ2n) is 12.1. The molecule has 8 nitrogen and oxygen atoms in total. The van der Waals surface area contributed by atoms with Crippen LogP contribution in [0.5, 0.6) is 5.75 Å². The molecule has 0 bridgehead atoms. The number of carbonyl (C=O) groups excluding carboxylic acids is 1. The van der Waals surface area contributed by atoms with Crippen LogP contribution < -0.4 is 14.8 Å². The number of ether oxygens (including phenoxy) is 1. The Kier molecular flexibility index (Phi) is 8.31. The molecule has 2 aliphatic rings. The molecule has 5 aromatic rings. The van der Waals surface area contributed by atoms with Crippen LogP contribution in [0.3, 0.4) is 0 Å². The highest BCUT2D eigenvalue weighted by Crippen LogP contribution is 2.34. The molecule has 9 heteroatoms. The predicted molar refractivity (Wildman–Crippen MR) is 174 cm³/mol. The number of nitrogens with zero attached hydrogens (tertiary/aromatic N) is 1. The molecule has 3 heterocycles. The number of piperidine rings is 1. The van der Waals surface area contributed by atoms with Crippen LogP contribution >= 0.6 is 0 Å². The Balaban J connectivity index is 1.11. The molecule has 232 valence electrons. The van der Waals surface area contributed by atoms with Crippen LogP contribution in [0.25, 0.3) is 21.7 Å². The first kappa shape index (κ1) is 29.5. The highest BCUT2D eigenvalue weighted by atomic mass is 32.2. The van der Waals surface area contributed by atoms with Crippen molar-refractivity contribution in [2.75, 3.05) is 19.7 Å². The first-order chi connectivity index (χ1) is 21.9. The molecule has 1 aromatic heterocycles. The van der Waals surface area contributed by atoms with Crippen LogP contribution in [-0.2, 0) is 21.4 Å². The van der Waals surface area contributed by atoms with Crippen molar-refractivity contribution < 1.29 is 22.4 Å². The van der Waals surface area contributed by atoms with Crippen LogP contribution in [0.4, 0.5) is 0 Å². The highest BCUT2D eigenvalue weighted by Gasteiger charge is 2.28. The second kappa shape index (κ2) is 12.7. The van der Waals surface area contributed by atoms with E-state index < -0.39 is 16.1 Å². The van der Waals surface area contributed by atoms with E-state index >= 15 is 0 Å². The normalized spacial score (nSPS) is 17.9. The number of likely N-dealkylation sites (tertiary alicyclic amines) is 1. The van der Waals surface area contributed by atoms with Gasteiger partial charge in [0.2, 0.25) is 15.9 Å². The maximum absolute atomic E-state index is 13.7. The van der Waals surface area contributed by atoms with Crippen molar-refractivity contribution in [1.29, 1.82) is 0 Å². The van der Waals surface area contributed by atoms with Crippen LogP contribution in [0.1, 0.15) is 60.9 Å². The first-order valence-electron chi connectivity index (χ1n) is 15.7. The van der Waals surface area contributed by atoms with Gasteiger partial charge in [0.05, 0.1) is 29.8 Å². The van der Waals surface area contributed by atoms with Gasteiger partial charge in [0.1, 0.15) is 11.3 Å². The lowest BCUT2D eigenvalue weighted by molar-refractivity contribution is -0.122. The largest absolute Gasteiger partial charge is 0.493 e. The lowest BCUT2D eigenvalue weighted by Crippen LogP contribution is -2.36. The molecule has 2 N–H and O–H groups in total. The Labute approximate surface area is 263 Å². The van der Waals surface area contributed by atoms with Crippen LogP contribution in [0, 0.1) is 0 Å². The van der Waals surface area contributed by atoms with Gasteiger partial charge in [-0.1, -0.05) is 55.0 Å². The van der Waals surface area contributed by atoms with Gasteiger partial charge in [-0.25, -0.2) is 13.1 Å². The standard InChI is InChI=1S/C36H37N3O5S/c40-36(37-32-15-19-44-35-20-25(8-12-31(32)35)24-39-16-4-1-5-17-39)23-33(28-10-13-34-29(21-28)14-18-43-34)38-45(41,42)30-11-9-26-6-2-3-7-27(26)22-30/h2-3,6-14,18,20-22,32-33,38H,1,4-5,15-17,19,23-24H2,(H,37,40). The molecule has 2 unspecified atom stereocenters. The lowest BCUT2D eigenvalue weighted by atomic mass is 9.97. The van der Waals surface area contributed by atoms with E-state index in [9.17, 15) is 13.2 Å². The SMILES string of the molecule is O=C(CC(NS(=O)(=O)c1ccc2ccccc2c1)c1ccc2occc2c1)NC1CCOc2cc(CN3CCCCC3)ccc21. The summed E-state index contributed by atoms with van der Waals surface area (Å²) in [5, 5.41) is 5.79. The third-order valence-electron chi connectivity index (χ3n) is 8.90. The number of sulfonamides is 1.